The zero-order valence-electron chi connectivity index (χ0n) is 32.2. The van der Waals surface area contributed by atoms with Crippen LogP contribution in [0.5, 0.6) is 0 Å². The van der Waals surface area contributed by atoms with Crippen molar-refractivity contribution in [3.05, 3.63) is 23.8 Å². The molecule has 0 bridgehead atoms. The first-order valence-electron chi connectivity index (χ1n) is 19.2. The first-order valence-corrected chi connectivity index (χ1v) is 19.2. The number of unbranched alkanes of at least 4 members (excludes halogenated alkanes) is 1. The summed E-state index contributed by atoms with van der Waals surface area (Å²) >= 11 is 0. The van der Waals surface area contributed by atoms with Gasteiger partial charge >= 0.3 is 0 Å². The van der Waals surface area contributed by atoms with Gasteiger partial charge in [-0.15, -0.1) is 16.6 Å². The normalized spacial score (nSPS) is 15.2. The largest absolute Gasteiger partial charge is 0.393 e. The molecule has 1 unspecified atom stereocenters. The van der Waals surface area contributed by atoms with Crippen molar-refractivity contribution in [3.63, 3.8) is 0 Å². The van der Waals surface area contributed by atoms with E-state index in [-0.39, 0.29) is 31.5 Å². The summed E-state index contributed by atoms with van der Waals surface area (Å²) in [5.74, 6) is 3.72. The lowest BCUT2D eigenvalue weighted by atomic mass is 10.2. The highest BCUT2D eigenvalue weighted by molar-refractivity contribution is 5.76. The maximum absolute atomic E-state index is 13.2. The third-order valence-electron chi connectivity index (χ3n) is 9.06. The average molecular weight is 782 g/mol. The number of hydrogen-bond donors (Lipinski definition) is 3. The Kier molecular flexibility index (Phi) is 16.9. The van der Waals surface area contributed by atoms with E-state index < -0.39 is 6.10 Å². The smallest absolute Gasteiger partial charge is 0.244 e. The van der Waals surface area contributed by atoms with Crippen molar-refractivity contribution >= 4 is 29.7 Å². The van der Waals surface area contributed by atoms with Crippen molar-refractivity contribution in [3.8, 4) is 12.3 Å². The average Bonchev–Trinajstić information content (AvgIpc) is 3.85. The number of aliphatic hydroxyl groups is 1. The van der Waals surface area contributed by atoms with Crippen molar-refractivity contribution in [1.29, 1.82) is 0 Å². The number of aromatic nitrogens is 9. The number of terminal acetylenes is 1. The predicted molar refractivity (Wildman–Crippen MR) is 205 cm³/mol. The molecule has 0 aliphatic carbocycles. The molecular weight excluding hydrogens is 726 g/mol. The summed E-state index contributed by atoms with van der Waals surface area (Å²) in [6.45, 7) is 9.44. The summed E-state index contributed by atoms with van der Waals surface area (Å²) in [6.07, 6.45) is 11.2. The minimum atomic E-state index is -0.541. The molecule has 0 saturated carbocycles. The monoisotopic (exact) mass is 781 g/mol. The van der Waals surface area contributed by atoms with Gasteiger partial charge in [-0.25, -0.2) is 9.36 Å². The second kappa shape index (κ2) is 22.5. The number of piperazine rings is 2. The molecule has 0 aromatic carbocycles. The number of hydrogen-bond acceptors (Lipinski definition) is 17. The molecule has 306 valence electrons. The first-order chi connectivity index (χ1) is 27.3. The van der Waals surface area contributed by atoms with Crippen LogP contribution >= 0.6 is 0 Å². The molecule has 3 aromatic heterocycles. The summed E-state index contributed by atoms with van der Waals surface area (Å²) < 4.78 is 19.5. The molecule has 5 heterocycles. The van der Waals surface area contributed by atoms with Crippen LogP contribution in [0.15, 0.2) is 12.4 Å². The lowest BCUT2D eigenvalue weighted by molar-refractivity contribution is -0.133. The number of aliphatic hydroxyl groups excluding tert-OH is 1. The molecule has 21 nitrogen and oxygen atoms in total. The molecule has 2 saturated heterocycles. The van der Waals surface area contributed by atoms with Gasteiger partial charge in [0.1, 0.15) is 19.7 Å². The number of nitrogens with zero attached hydrogens (tertiary/aromatic N) is 13. The zero-order valence-corrected chi connectivity index (χ0v) is 32.2. The van der Waals surface area contributed by atoms with Crippen LogP contribution in [0.25, 0.3) is 0 Å². The van der Waals surface area contributed by atoms with E-state index >= 15 is 0 Å². The number of nitrogens with one attached hydrogen (secondary N) is 1. The molecule has 2 fully saturated rings. The Morgan fingerprint density at radius 3 is 1.89 bits per heavy atom. The summed E-state index contributed by atoms with van der Waals surface area (Å²) in [4.78, 5) is 48.3. The minimum absolute atomic E-state index is 0.0270. The number of rotatable bonds is 23. The number of aryl methyl sites for hydroxylation is 1. The number of carbonyl (C=O) groups is 2. The lowest BCUT2D eigenvalue weighted by Crippen LogP contribution is -2.51. The SMILES string of the molecule is C#CCOCCOCCOCCNc1nc(N2CCN(C(=O)Cn3cc(CCCCN)nn3)CC2)nc(N2CCN(C(=O)Cn3cc(CC(C)O)nn3)CC2)n1. The zero-order chi connectivity index (χ0) is 39.5. The van der Waals surface area contributed by atoms with Crippen LogP contribution in [-0.2, 0) is 49.7 Å². The number of nitrogens with two attached hydrogens (primary N) is 1. The molecule has 0 spiro atoms. The lowest BCUT2D eigenvalue weighted by Gasteiger charge is -2.36. The van der Waals surface area contributed by atoms with E-state index in [1.54, 1.807) is 22.7 Å². The summed E-state index contributed by atoms with van der Waals surface area (Å²) in [5, 5.41) is 29.3. The maximum Gasteiger partial charge on any atom is 0.244 e. The number of anilines is 3. The number of ether oxygens (including phenoxy) is 3. The van der Waals surface area contributed by atoms with Crippen molar-refractivity contribution in [1.82, 2.24) is 54.7 Å². The standard InChI is InChI=1S/C35H55N15O6/c1-3-17-54-19-21-56-22-20-55-18-8-37-33-38-34(47-13-9-45(10-14-47)31(52)26-49-24-29(41-43-49)6-4-5-7-36)40-35(39-33)48-15-11-46(12-16-48)32(53)27-50-25-30(42-44-50)23-28(2)51/h1,24-25,28,51H,4-23,26-27,36H2,2H3,(H,37,38,39,40). The van der Waals surface area contributed by atoms with E-state index in [0.29, 0.717) is 128 Å². The summed E-state index contributed by atoms with van der Waals surface area (Å²) in [6, 6.07) is 0. The molecule has 5 rings (SSSR count). The van der Waals surface area contributed by atoms with E-state index in [9.17, 15) is 14.7 Å². The maximum atomic E-state index is 13.2. The van der Waals surface area contributed by atoms with Gasteiger partial charge in [0, 0.05) is 77.7 Å². The van der Waals surface area contributed by atoms with Crippen LogP contribution in [0, 0.1) is 12.3 Å². The Bertz CT molecular complexity index is 1680. The molecule has 21 heteroatoms. The van der Waals surface area contributed by atoms with Gasteiger partial charge in [0.05, 0.1) is 50.5 Å². The van der Waals surface area contributed by atoms with Crippen LogP contribution in [0.3, 0.4) is 0 Å². The van der Waals surface area contributed by atoms with Crippen LogP contribution in [0.2, 0.25) is 0 Å². The number of amides is 2. The Balaban J connectivity index is 1.15. The van der Waals surface area contributed by atoms with E-state index in [2.05, 4.69) is 36.8 Å². The second-order valence-electron chi connectivity index (χ2n) is 13.5. The number of carbonyl (C=O) groups excluding carboxylic acids is 2. The third-order valence-corrected chi connectivity index (χ3v) is 9.06. The van der Waals surface area contributed by atoms with Gasteiger partial charge in [0.15, 0.2) is 0 Å². The van der Waals surface area contributed by atoms with Crippen LogP contribution < -0.4 is 20.9 Å². The topological polar surface area (TPSA) is 233 Å². The van der Waals surface area contributed by atoms with Crippen LogP contribution in [0.4, 0.5) is 17.8 Å². The van der Waals surface area contributed by atoms with Gasteiger partial charge in [0.25, 0.3) is 0 Å². The van der Waals surface area contributed by atoms with E-state index in [4.69, 9.17) is 41.3 Å². The highest BCUT2D eigenvalue weighted by atomic mass is 16.5. The van der Waals surface area contributed by atoms with Gasteiger partial charge in [0.2, 0.25) is 29.7 Å². The Morgan fingerprint density at radius 2 is 1.34 bits per heavy atom. The van der Waals surface area contributed by atoms with Crippen molar-refractivity contribution in [2.24, 2.45) is 5.73 Å². The fraction of sp³-hybridized carbons (Fsp3) is 0.686. The third kappa shape index (κ3) is 13.6. The Labute approximate surface area is 326 Å². The molecule has 1 atom stereocenters. The second-order valence-corrected chi connectivity index (χ2v) is 13.5. The molecule has 2 aliphatic rings. The molecule has 56 heavy (non-hydrogen) atoms. The molecular formula is C35H55N15O6. The van der Waals surface area contributed by atoms with Gasteiger partial charge in [-0.2, -0.15) is 15.0 Å². The van der Waals surface area contributed by atoms with Crippen LogP contribution in [0.1, 0.15) is 31.2 Å². The molecule has 2 aliphatic heterocycles. The van der Waals surface area contributed by atoms with E-state index in [1.165, 1.54) is 4.68 Å². The molecule has 3 aromatic rings. The van der Waals surface area contributed by atoms with Crippen molar-refractivity contribution in [2.45, 2.75) is 51.8 Å². The minimum Gasteiger partial charge on any atom is -0.393 e. The van der Waals surface area contributed by atoms with Crippen molar-refractivity contribution < 1.29 is 28.9 Å². The quantitative estimate of drug-likeness (QED) is 0.0701. The van der Waals surface area contributed by atoms with Crippen LogP contribution in [-0.4, -0.2) is 183 Å². The Hall–Kier alpha value is -5.01. The van der Waals surface area contributed by atoms with Crippen molar-refractivity contribution in [2.75, 3.05) is 120 Å². The van der Waals surface area contributed by atoms with E-state index in [1.807, 2.05) is 16.0 Å². The van der Waals surface area contributed by atoms with Gasteiger partial charge in [-0.05, 0) is 32.7 Å². The fourth-order valence-corrected chi connectivity index (χ4v) is 6.10. The highest BCUT2D eigenvalue weighted by Gasteiger charge is 2.27. The summed E-state index contributed by atoms with van der Waals surface area (Å²) in [5.41, 5.74) is 7.08. The Morgan fingerprint density at radius 1 is 0.804 bits per heavy atom. The first kappa shape index (κ1) is 42.1. The molecule has 4 N–H and O–H groups in total. The highest BCUT2D eigenvalue weighted by Crippen LogP contribution is 2.20. The van der Waals surface area contributed by atoms with Gasteiger partial charge < -0.3 is 50.0 Å². The molecule has 0 radical (unpaired) electrons. The molecule has 2 amide bonds. The predicted octanol–water partition coefficient (Wildman–Crippen LogP) is -1.95. The van der Waals surface area contributed by atoms with Gasteiger partial charge in [-0.3, -0.25) is 9.59 Å². The fourth-order valence-electron chi connectivity index (χ4n) is 6.10. The van der Waals surface area contributed by atoms with Gasteiger partial charge in [-0.1, -0.05) is 16.3 Å². The van der Waals surface area contributed by atoms with E-state index in [0.717, 1.165) is 25.0 Å². The summed E-state index contributed by atoms with van der Waals surface area (Å²) in [7, 11) is 0.